The van der Waals surface area contributed by atoms with Crippen molar-refractivity contribution in [3.63, 3.8) is 0 Å². The highest BCUT2D eigenvalue weighted by atomic mass is 32.1. The molecule has 0 N–H and O–H groups in total. The van der Waals surface area contributed by atoms with Gasteiger partial charge in [0.15, 0.2) is 5.13 Å². The number of piperazine rings is 1. The number of hydrogen-bond acceptors (Lipinski definition) is 4. The second-order valence-electron chi connectivity index (χ2n) is 5.36. The molecule has 0 saturated carbocycles. The Morgan fingerprint density at radius 3 is 2.57 bits per heavy atom. The molecule has 0 aliphatic carbocycles. The molecule has 2 heterocycles. The van der Waals surface area contributed by atoms with Gasteiger partial charge in [-0.25, -0.2) is 4.98 Å². The summed E-state index contributed by atoms with van der Waals surface area (Å²) < 4.78 is 0. The molecule has 0 spiro atoms. The van der Waals surface area contributed by atoms with E-state index in [4.69, 9.17) is 0 Å². The molecule has 1 fully saturated rings. The average molecular weight is 299 g/mol. The Bertz CT molecular complexity index is 557. The smallest absolute Gasteiger partial charge is 0.185 e. The first kappa shape index (κ1) is 14.3. The van der Waals surface area contributed by atoms with Crippen LogP contribution >= 0.6 is 11.3 Å². The summed E-state index contributed by atoms with van der Waals surface area (Å²) in [6, 6.07) is 10.5. The summed E-state index contributed by atoms with van der Waals surface area (Å²) in [6.45, 7) is 9.69. The van der Waals surface area contributed by atoms with Gasteiger partial charge in [-0.2, -0.15) is 0 Å². The number of hydrogen-bond donors (Lipinski definition) is 0. The molecule has 0 unspecified atom stereocenters. The van der Waals surface area contributed by atoms with Gasteiger partial charge in [0.1, 0.15) is 0 Å². The Morgan fingerprint density at radius 2 is 1.90 bits per heavy atom. The standard InChI is InChI=1S/C17H21N3S/c1-15(16-5-3-2-4-6-16)7-9-19-10-12-20(13-11-19)17-18-8-14-21-17/h2-6,8,14H,1,7,9-13H2. The van der Waals surface area contributed by atoms with Crippen LogP contribution in [0, 0.1) is 0 Å². The summed E-state index contributed by atoms with van der Waals surface area (Å²) in [6.07, 6.45) is 2.93. The van der Waals surface area contributed by atoms with Gasteiger partial charge in [-0.1, -0.05) is 36.9 Å². The summed E-state index contributed by atoms with van der Waals surface area (Å²) in [5.41, 5.74) is 2.50. The minimum Gasteiger partial charge on any atom is -0.346 e. The number of benzene rings is 1. The molecule has 0 radical (unpaired) electrons. The third-order valence-corrected chi connectivity index (χ3v) is 4.81. The second kappa shape index (κ2) is 6.87. The fraction of sp³-hybridized carbons (Fsp3) is 0.353. The molecule has 1 saturated heterocycles. The van der Waals surface area contributed by atoms with Gasteiger partial charge in [-0.15, -0.1) is 11.3 Å². The van der Waals surface area contributed by atoms with Crippen LogP contribution < -0.4 is 4.90 Å². The zero-order valence-corrected chi connectivity index (χ0v) is 13.1. The minimum absolute atomic E-state index is 1.04. The average Bonchev–Trinajstić information content (AvgIpc) is 3.08. The van der Waals surface area contributed by atoms with E-state index in [1.807, 2.05) is 11.6 Å². The van der Waals surface area contributed by atoms with Crippen LogP contribution in [-0.2, 0) is 0 Å². The highest BCUT2D eigenvalue weighted by Gasteiger charge is 2.18. The van der Waals surface area contributed by atoms with Crippen LogP contribution in [0.15, 0.2) is 48.5 Å². The molecule has 4 heteroatoms. The Hall–Kier alpha value is -1.65. The lowest BCUT2D eigenvalue weighted by molar-refractivity contribution is 0.264. The van der Waals surface area contributed by atoms with E-state index in [0.29, 0.717) is 0 Å². The van der Waals surface area contributed by atoms with Gasteiger partial charge in [-0.3, -0.25) is 4.90 Å². The Balaban J connectivity index is 1.45. The van der Waals surface area contributed by atoms with Crippen molar-refractivity contribution < 1.29 is 0 Å². The molecule has 1 aromatic heterocycles. The fourth-order valence-electron chi connectivity index (χ4n) is 2.65. The van der Waals surface area contributed by atoms with Crippen molar-refractivity contribution in [1.29, 1.82) is 0 Å². The molecule has 3 rings (SSSR count). The topological polar surface area (TPSA) is 19.4 Å². The van der Waals surface area contributed by atoms with Gasteiger partial charge < -0.3 is 4.90 Å². The summed E-state index contributed by atoms with van der Waals surface area (Å²) in [5, 5.41) is 3.20. The van der Waals surface area contributed by atoms with Crippen molar-refractivity contribution >= 4 is 22.0 Å². The SMILES string of the molecule is C=C(CCN1CCN(c2nccs2)CC1)c1ccccc1. The van der Waals surface area contributed by atoms with Gasteiger partial charge in [-0.05, 0) is 17.6 Å². The number of aromatic nitrogens is 1. The molecule has 0 amide bonds. The van der Waals surface area contributed by atoms with Crippen LogP contribution in [-0.4, -0.2) is 42.6 Å². The summed E-state index contributed by atoms with van der Waals surface area (Å²) in [5.74, 6) is 0. The van der Waals surface area contributed by atoms with Crippen molar-refractivity contribution in [1.82, 2.24) is 9.88 Å². The zero-order valence-electron chi connectivity index (χ0n) is 12.2. The largest absolute Gasteiger partial charge is 0.346 e. The summed E-state index contributed by atoms with van der Waals surface area (Å²) in [4.78, 5) is 9.30. The molecule has 1 aliphatic rings. The monoisotopic (exact) mass is 299 g/mol. The van der Waals surface area contributed by atoms with Crippen molar-refractivity contribution in [2.45, 2.75) is 6.42 Å². The lowest BCUT2D eigenvalue weighted by Gasteiger charge is -2.34. The normalized spacial score (nSPS) is 16.1. The van der Waals surface area contributed by atoms with Crippen molar-refractivity contribution in [2.24, 2.45) is 0 Å². The van der Waals surface area contributed by atoms with Crippen LogP contribution in [0.25, 0.3) is 5.57 Å². The van der Waals surface area contributed by atoms with E-state index in [-0.39, 0.29) is 0 Å². The zero-order chi connectivity index (χ0) is 14.5. The third-order valence-electron chi connectivity index (χ3n) is 3.97. The summed E-state index contributed by atoms with van der Waals surface area (Å²) >= 11 is 1.73. The van der Waals surface area contributed by atoms with Gasteiger partial charge in [0.25, 0.3) is 0 Å². The molecule has 1 aliphatic heterocycles. The predicted octanol–water partition coefficient (Wildman–Crippen LogP) is 3.37. The van der Waals surface area contributed by atoms with Crippen molar-refractivity contribution in [3.05, 3.63) is 54.1 Å². The second-order valence-corrected chi connectivity index (χ2v) is 6.24. The van der Waals surface area contributed by atoms with E-state index in [2.05, 4.69) is 51.7 Å². The van der Waals surface area contributed by atoms with Crippen LogP contribution in [0.4, 0.5) is 5.13 Å². The molecule has 3 nitrogen and oxygen atoms in total. The maximum atomic E-state index is 4.39. The molecule has 21 heavy (non-hydrogen) atoms. The van der Waals surface area contributed by atoms with E-state index >= 15 is 0 Å². The molecular formula is C17H21N3S. The van der Waals surface area contributed by atoms with Gasteiger partial charge in [0.05, 0.1) is 0 Å². The molecule has 1 aromatic carbocycles. The minimum atomic E-state index is 1.04. The van der Waals surface area contributed by atoms with Gasteiger partial charge >= 0.3 is 0 Å². The lowest BCUT2D eigenvalue weighted by Crippen LogP contribution is -2.46. The fourth-order valence-corrected chi connectivity index (χ4v) is 3.34. The van der Waals surface area contributed by atoms with Gasteiger partial charge in [0.2, 0.25) is 0 Å². The first-order chi connectivity index (χ1) is 10.3. The number of rotatable bonds is 5. The van der Waals surface area contributed by atoms with Crippen molar-refractivity contribution in [3.8, 4) is 0 Å². The maximum absolute atomic E-state index is 4.39. The summed E-state index contributed by atoms with van der Waals surface area (Å²) in [7, 11) is 0. The van der Waals surface area contributed by atoms with Crippen LogP contribution in [0.2, 0.25) is 0 Å². The number of thiazole rings is 1. The number of anilines is 1. The molecule has 110 valence electrons. The molecule has 0 bridgehead atoms. The predicted molar refractivity (Wildman–Crippen MR) is 90.9 cm³/mol. The van der Waals surface area contributed by atoms with E-state index in [0.717, 1.165) is 44.3 Å². The Morgan fingerprint density at radius 1 is 1.14 bits per heavy atom. The molecular weight excluding hydrogens is 278 g/mol. The quantitative estimate of drug-likeness (QED) is 0.844. The molecule has 0 atom stereocenters. The Labute approximate surface area is 130 Å². The first-order valence-corrected chi connectivity index (χ1v) is 8.31. The highest BCUT2D eigenvalue weighted by Crippen LogP contribution is 2.20. The van der Waals surface area contributed by atoms with Crippen LogP contribution in [0.5, 0.6) is 0 Å². The third kappa shape index (κ3) is 3.71. The maximum Gasteiger partial charge on any atom is 0.185 e. The van der Waals surface area contributed by atoms with E-state index in [9.17, 15) is 0 Å². The lowest BCUT2D eigenvalue weighted by atomic mass is 10.0. The van der Waals surface area contributed by atoms with Crippen LogP contribution in [0.3, 0.4) is 0 Å². The first-order valence-electron chi connectivity index (χ1n) is 7.43. The number of nitrogens with zero attached hydrogens (tertiary/aromatic N) is 3. The Kier molecular flexibility index (Phi) is 4.68. The van der Waals surface area contributed by atoms with E-state index in [1.165, 1.54) is 11.1 Å². The van der Waals surface area contributed by atoms with E-state index < -0.39 is 0 Å². The van der Waals surface area contributed by atoms with Crippen molar-refractivity contribution in [2.75, 3.05) is 37.6 Å². The highest BCUT2D eigenvalue weighted by molar-refractivity contribution is 7.13. The van der Waals surface area contributed by atoms with E-state index in [1.54, 1.807) is 11.3 Å². The van der Waals surface area contributed by atoms with Crippen LogP contribution in [0.1, 0.15) is 12.0 Å². The molecule has 2 aromatic rings. The van der Waals surface area contributed by atoms with Gasteiger partial charge in [0, 0.05) is 44.3 Å².